The van der Waals surface area contributed by atoms with Gasteiger partial charge in [-0.15, -0.1) is 0 Å². The third-order valence-electron chi connectivity index (χ3n) is 5.25. The first kappa shape index (κ1) is 19.5. The van der Waals surface area contributed by atoms with Crippen LogP contribution in [-0.2, 0) is 0 Å². The number of nitrogens with zero attached hydrogens (tertiary/aromatic N) is 3. The van der Waals surface area contributed by atoms with Crippen LogP contribution in [0, 0.1) is 18.8 Å². The van der Waals surface area contributed by atoms with Gasteiger partial charge in [0.25, 0.3) is 5.91 Å². The summed E-state index contributed by atoms with van der Waals surface area (Å²) in [6.45, 7) is 4.90. The molecule has 4 rings (SSSR count). The van der Waals surface area contributed by atoms with Crippen LogP contribution in [0.25, 0.3) is 0 Å². The maximum atomic E-state index is 13.1. The van der Waals surface area contributed by atoms with E-state index >= 15 is 0 Å². The molecule has 0 radical (unpaired) electrons. The van der Waals surface area contributed by atoms with Gasteiger partial charge in [0, 0.05) is 54.8 Å². The molecule has 0 spiro atoms. The Morgan fingerprint density at radius 3 is 2.53 bits per heavy atom. The molecule has 3 aromatic rings. The van der Waals surface area contributed by atoms with Crippen molar-refractivity contribution in [1.29, 1.82) is 0 Å². The number of benzene rings is 2. The Morgan fingerprint density at radius 2 is 1.80 bits per heavy atom. The maximum absolute atomic E-state index is 13.1. The first-order chi connectivity index (χ1) is 14.6. The van der Waals surface area contributed by atoms with Crippen molar-refractivity contribution < 1.29 is 4.79 Å². The zero-order valence-corrected chi connectivity index (χ0v) is 17.0. The Bertz CT molecular complexity index is 1110. The van der Waals surface area contributed by atoms with Crippen molar-refractivity contribution in [3.63, 3.8) is 0 Å². The Labute approximate surface area is 177 Å². The van der Waals surface area contributed by atoms with Crippen LogP contribution in [0.1, 0.15) is 27.0 Å². The van der Waals surface area contributed by atoms with Crippen molar-refractivity contribution in [2.24, 2.45) is 0 Å². The molecule has 0 aliphatic carbocycles. The summed E-state index contributed by atoms with van der Waals surface area (Å²) in [6.07, 6.45) is 1.80. The highest BCUT2D eigenvalue weighted by molar-refractivity contribution is 5.95. The molecule has 0 atom stereocenters. The SMILES string of the molecule is Cc1ccc(C(=O)N2CCN(c3ccccn3)CC2)cc1C#Cc1cccc(N)c1. The summed E-state index contributed by atoms with van der Waals surface area (Å²) in [5, 5.41) is 0. The molecule has 0 unspecified atom stereocenters. The van der Waals surface area contributed by atoms with Crippen LogP contribution in [0.5, 0.6) is 0 Å². The van der Waals surface area contributed by atoms with Gasteiger partial charge in [-0.3, -0.25) is 4.79 Å². The highest BCUT2D eigenvalue weighted by atomic mass is 16.2. The average molecular weight is 396 g/mol. The molecular weight excluding hydrogens is 372 g/mol. The Hall–Kier alpha value is -3.78. The standard InChI is InChI=1S/C25H24N4O/c1-19-8-10-22(18-21(19)11-9-20-5-4-6-23(26)17-20)25(30)29-15-13-28(14-16-29)24-7-2-3-12-27-24/h2-8,10,12,17-18H,13-16,26H2,1H3. The number of aromatic nitrogens is 1. The zero-order valence-electron chi connectivity index (χ0n) is 17.0. The summed E-state index contributed by atoms with van der Waals surface area (Å²) < 4.78 is 0. The smallest absolute Gasteiger partial charge is 0.254 e. The largest absolute Gasteiger partial charge is 0.399 e. The molecule has 30 heavy (non-hydrogen) atoms. The van der Waals surface area contributed by atoms with Crippen LogP contribution in [0.4, 0.5) is 11.5 Å². The molecule has 5 nitrogen and oxygen atoms in total. The number of pyridine rings is 1. The van der Waals surface area contributed by atoms with Crippen molar-refractivity contribution >= 4 is 17.4 Å². The summed E-state index contributed by atoms with van der Waals surface area (Å²) in [7, 11) is 0. The van der Waals surface area contributed by atoms with Gasteiger partial charge in [-0.25, -0.2) is 4.98 Å². The quantitative estimate of drug-likeness (QED) is 0.533. The third kappa shape index (κ3) is 4.44. The maximum Gasteiger partial charge on any atom is 0.254 e. The van der Waals surface area contributed by atoms with E-state index < -0.39 is 0 Å². The van der Waals surface area contributed by atoms with Gasteiger partial charge >= 0.3 is 0 Å². The predicted octanol–water partition coefficient (Wildman–Crippen LogP) is 3.33. The van der Waals surface area contributed by atoms with Crippen molar-refractivity contribution in [3.05, 3.63) is 89.1 Å². The topological polar surface area (TPSA) is 62.5 Å². The van der Waals surface area contributed by atoms with Gasteiger partial charge in [0.05, 0.1) is 0 Å². The van der Waals surface area contributed by atoms with Gasteiger partial charge < -0.3 is 15.5 Å². The number of carbonyl (C=O) groups is 1. The number of nitrogens with two attached hydrogens (primary N) is 1. The van der Waals surface area contributed by atoms with Crippen molar-refractivity contribution in [1.82, 2.24) is 9.88 Å². The fourth-order valence-corrected chi connectivity index (χ4v) is 3.51. The number of piperazine rings is 1. The molecule has 1 saturated heterocycles. The Balaban J connectivity index is 1.47. The van der Waals surface area contributed by atoms with Crippen LogP contribution >= 0.6 is 0 Å². The highest BCUT2D eigenvalue weighted by Gasteiger charge is 2.23. The highest BCUT2D eigenvalue weighted by Crippen LogP contribution is 2.17. The normalized spacial score (nSPS) is 13.5. The van der Waals surface area contributed by atoms with Gasteiger partial charge in [0.1, 0.15) is 5.82 Å². The number of anilines is 2. The number of aryl methyl sites for hydroxylation is 1. The van der Waals surface area contributed by atoms with Gasteiger partial charge in [-0.2, -0.15) is 0 Å². The van der Waals surface area contributed by atoms with Crippen molar-refractivity contribution in [3.8, 4) is 11.8 Å². The van der Waals surface area contributed by atoms with E-state index in [9.17, 15) is 4.79 Å². The predicted molar refractivity (Wildman–Crippen MR) is 120 cm³/mol. The molecule has 1 aromatic heterocycles. The van der Waals surface area contributed by atoms with Crippen molar-refractivity contribution in [2.45, 2.75) is 6.92 Å². The second-order valence-corrected chi connectivity index (χ2v) is 7.37. The number of nitrogen functional groups attached to an aromatic ring is 1. The molecule has 0 saturated carbocycles. The van der Waals surface area contributed by atoms with Crippen LogP contribution in [-0.4, -0.2) is 42.0 Å². The lowest BCUT2D eigenvalue weighted by Gasteiger charge is -2.35. The lowest BCUT2D eigenvalue weighted by atomic mass is 10.0. The number of amides is 1. The molecule has 2 N–H and O–H groups in total. The number of rotatable bonds is 2. The average Bonchev–Trinajstić information content (AvgIpc) is 2.79. The van der Waals surface area contributed by atoms with Crippen LogP contribution in [0.2, 0.25) is 0 Å². The van der Waals surface area contributed by atoms with Crippen LogP contribution < -0.4 is 10.6 Å². The summed E-state index contributed by atoms with van der Waals surface area (Å²) in [5.41, 5.74) is 9.94. The number of hydrogen-bond donors (Lipinski definition) is 1. The minimum Gasteiger partial charge on any atom is -0.399 e. The molecule has 1 fully saturated rings. The molecule has 2 heterocycles. The zero-order chi connectivity index (χ0) is 20.9. The number of hydrogen-bond acceptors (Lipinski definition) is 4. The van der Waals surface area contributed by atoms with Gasteiger partial charge in [0.15, 0.2) is 0 Å². The second-order valence-electron chi connectivity index (χ2n) is 7.37. The minimum absolute atomic E-state index is 0.0441. The van der Waals surface area contributed by atoms with E-state index in [1.165, 1.54) is 0 Å². The Morgan fingerprint density at radius 1 is 0.967 bits per heavy atom. The summed E-state index contributed by atoms with van der Waals surface area (Å²) in [4.78, 5) is 21.6. The molecular formula is C25H24N4O. The monoisotopic (exact) mass is 396 g/mol. The first-order valence-corrected chi connectivity index (χ1v) is 10.0. The van der Waals surface area contributed by atoms with E-state index in [4.69, 9.17) is 5.73 Å². The fraction of sp³-hybridized carbons (Fsp3) is 0.200. The first-order valence-electron chi connectivity index (χ1n) is 10.0. The summed E-state index contributed by atoms with van der Waals surface area (Å²) >= 11 is 0. The van der Waals surface area contributed by atoms with E-state index in [-0.39, 0.29) is 5.91 Å². The molecule has 5 heteroatoms. The van der Waals surface area contributed by atoms with E-state index in [1.807, 2.05) is 72.5 Å². The fourth-order valence-electron chi connectivity index (χ4n) is 3.51. The summed E-state index contributed by atoms with van der Waals surface area (Å²) in [6, 6.07) is 19.1. The third-order valence-corrected chi connectivity index (χ3v) is 5.25. The van der Waals surface area contributed by atoms with Gasteiger partial charge in [0.2, 0.25) is 0 Å². The number of carbonyl (C=O) groups excluding carboxylic acids is 1. The van der Waals surface area contributed by atoms with E-state index in [1.54, 1.807) is 6.20 Å². The van der Waals surface area contributed by atoms with E-state index in [0.29, 0.717) is 24.3 Å². The van der Waals surface area contributed by atoms with Gasteiger partial charge in [-0.05, 0) is 55.0 Å². The van der Waals surface area contributed by atoms with E-state index in [0.717, 1.165) is 35.6 Å². The molecule has 150 valence electrons. The molecule has 1 aliphatic heterocycles. The van der Waals surface area contributed by atoms with Crippen LogP contribution in [0.15, 0.2) is 66.9 Å². The van der Waals surface area contributed by atoms with Gasteiger partial charge in [-0.1, -0.05) is 30.0 Å². The van der Waals surface area contributed by atoms with E-state index in [2.05, 4.69) is 21.7 Å². The minimum atomic E-state index is 0.0441. The summed E-state index contributed by atoms with van der Waals surface area (Å²) in [5.74, 6) is 7.34. The molecule has 2 aromatic carbocycles. The lowest BCUT2D eigenvalue weighted by Crippen LogP contribution is -2.49. The molecule has 0 bridgehead atoms. The molecule has 1 aliphatic rings. The molecule has 1 amide bonds. The lowest BCUT2D eigenvalue weighted by molar-refractivity contribution is 0.0746. The second kappa shape index (κ2) is 8.71. The van der Waals surface area contributed by atoms with Crippen molar-refractivity contribution in [2.75, 3.05) is 36.8 Å². The Kier molecular flexibility index (Phi) is 5.67. The van der Waals surface area contributed by atoms with Crippen LogP contribution in [0.3, 0.4) is 0 Å².